The number of aromatic nitrogens is 1. The second kappa shape index (κ2) is 8.89. The van der Waals surface area contributed by atoms with Crippen molar-refractivity contribution < 1.29 is 13.6 Å². The number of carbonyl (C=O) groups is 1. The van der Waals surface area contributed by atoms with Gasteiger partial charge in [-0.1, -0.05) is 30.3 Å². The minimum atomic E-state index is -0.280. The van der Waals surface area contributed by atoms with Crippen molar-refractivity contribution in [3.8, 4) is 0 Å². The van der Waals surface area contributed by atoms with Gasteiger partial charge in [0.2, 0.25) is 0 Å². The molecular weight excluding hydrogens is 348 g/mol. The van der Waals surface area contributed by atoms with Crippen LogP contribution in [0.25, 0.3) is 0 Å². The zero-order chi connectivity index (χ0) is 19.1. The molecule has 1 heterocycles. The number of nitrogens with one attached hydrogen (secondary N) is 2. The van der Waals surface area contributed by atoms with Crippen molar-refractivity contribution in [1.29, 1.82) is 0 Å². The van der Waals surface area contributed by atoms with Gasteiger partial charge >= 0.3 is 0 Å². The SMILES string of the molecule is O=C(NCCc1ccc(F)cc1)c1ccc(NCc2ccccc2F)nc1. The third kappa shape index (κ3) is 5.34. The number of amides is 1. The number of anilines is 1. The molecule has 0 aliphatic heterocycles. The highest BCUT2D eigenvalue weighted by Crippen LogP contribution is 2.10. The number of hydrogen-bond donors (Lipinski definition) is 2. The van der Waals surface area contributed by atoms with Crippen molar-refractivity contribution in [1.82, 2.24) is 10.3 Å². The number of rotatable bonds is 7. The molecular formula is C21H19F2N3O. The molecule has 0 fully saturated rings. The maximum absolute atomic E-state index is 13.6. The third-order valence-corrected chi connectivity index (χ3v) is 4.06. The van der Waals surface area contributed by atoms with Gasteiger partial charge in [0.1, 0.15) is 17.5 Å². The van der Waals surface area contributed by atoms with E-state index in [-0.39, 0.29) is 17.5 Å². The average molecular weight is 367 g/mol. The van der Waals surface area contributed by atoms with Crippen molar-refractivity contribution in [2.75, 3.05) is 11.9 Å². The minimum absolute atomic E-state index is 0.231. The standard InChI is InChI=1S/C21H19F2N3O/c22-18-8-5-15(6-9-18)11-12-24-21(27)17-7-10-20(26-14-17)25-13-16-3-1-2-4-19(16)23/h1-10,14H,11-13H2,(H,24,27)(H,25,26). The van der Waals surface area contributed by atoms with Crippen LogP contribution < -0.4 is 10.6 Å². The van der Waals surface area contributed by atoms with Crippen LogP contribution in [0.4, 0.5) is 14.6 Å². The smallest absolute Gasteiger partial charge is 0.252 e. The first kappa shape index (κ1) is 18.5. The van der Waals surface area contributed by atoms with E-state index in [0.717, 1.165) is 5.56 Å². The van der Waals surface area contributed by atoms with Crippen LogP contribution in [0.5, 0.6) is 0 Å². The number of nitrogens with zero attached hydrogens (tertiary/aromatic N) is 1. The molecule has 2 N–H and O–H groups in total. The van der Waals surface area contributed by atoms with Gasteiger partial charge in [-0.25, -0.2) is 13.8 Å². The normalized spacial score (nSPS) is 10.4. The summed E-state index contributed by atoms with van der Waals surface area (Å²) in [4.78, 5) is 16.3. The number of halogens is 2. The van der Waals surface area contributed by atoms with E-state index in [1.807, 2.05) is 0 Å². The van der Waals surface area contributed by atoms with E-state index < -0.39 is 0 Å². The molecule has 0 spiro atoms. The van der Waals surface area contributed by atoms with E-state index in [4.69, 9.17) is 0 Å². The summed E-state index contributed by atoms with van der Waals surface area (Å²) in [5, 5.41) is 5.83. The molecule has 0 saturated carbocycles. The van der Waals surface area contributed by atoms with E-state index >= 15 is 0 Å². The predicted octanol–water partition coefficient (Wildman–Crippen LogP) is 3.94. The van der Waals surface area contributed by atoms with Gasteiger partial charge < -0.3 is 10.6 Å². The maximum Gasteiger partial charge on any atom is 0.252 e. The summed E-state index contributed by atoms with van der Waals surface area (Å²) >= 11 is 0. The van der Waals surface area contributed by atoms with Gasteiger partial charge in [-0.15, -0.1) is 0 Å². The molecule has 27 heavy (non-hydrogen) atoms. The Morgan fingerprint density at radius 3 is 2.44 bits per heavy atom. The Morgan fingerprint density at radius 1 is 0.963 bits per heavy atom. The monoisotopic (exact) mass is 367 g/mol. The molecule has 0 radical (unpaired) electrons. The molecule has 0 atom stereocenters. The highest BCUT2D eigenvalue weighted by Gasteiger charge is 2.06. The van der Waals surface area contributed by atoms with Gasteiger partial charge in [0.25, 0.3) is 5.91 Å². The molecule has 0 aliphatic rings. The van der Waals surface area contributed by atoms with Crippen LogP contribution in [-0.4, -0.2) is 17.4 Å². The maximum atomic E-state index is 13.6. The summed E-state index contributed by atoms with van der Waals surface area (Å²) in [5.74, 6) is -0.230. The van der Waals surface area contributed by atoms with Crippen LogP contribution in [0.1, 0.15) is 21.5 Å². The van der Waals surface area contributed by atoms with Gasteiger partial charge in [-0.2, -0.15) is 0 Å². The van der Waals surface area contributed by atoms with E-state index in [1.54, 1.807) is 42.5 Å². The summed E-state index contributed by atoms with van der Waals surface area (Å²) < 4.78 is 26.5. The molecule has 0 aliphatic carbocycles. The molecule has 138 valence electrons. The zero-order valence-electron chi connectivity index (χ0n) is 14.6. The molecule has 0 saturated heterocycles. The number of pyridine rings is 1. The van der Waals surface area contributed by atoms with Crippen molar-refractivity contribution >= 4 is 11.7 Å². The lowest BCUT2D eigenvalue weighted by Gasteiger charge is -2.08. The van der Waals surface area contributed by atoms with E-state index in [1.165, 1.54) is 24.4 Å². The van der Waals surface area contributed by atoms with Crippen LogP contribution in [-0.2, 0) is 13.0 Å². The zero-order valence-corrected chi connectivity index (χ0v) is 14.6. The van der Waals surface area contributed by atoms with E-state index in [0.29, 0.717) is 36.5 Å². The van der Waals surface area contributed by atoms with Gasteiger partial charge in [-0.3, -0.25) is 4.79 Å². The fraction of sp³-hybridized carbons (Fsp3) is 0.143. The average Bonchev–Trinajstić information content (AvgIpc) is 2.69. The number of benzene rings is 2. The van der Waals surface area contributed by atoms with Crippen molar-refractivity contribution in [3.63, 3.8) is 0 Å². The largest absolute Gasteiger partial charge is 0.366 e. The van der Waals surface area contributed by atoms with Crippen LogP contribution in [0.15, 0.2) is 66.9 Å². The molecule has 4 nitrogen and oxygen atoms in total. The molecule has 0 bridgehead atoms. The summed E-state index contributed by atoms with van der Waals surface area (Å²) in [5.41, 5.74) is 1.93. The summed E-state index contributed by atoms with van der Waals surface area (Å²) in [6.07, 6.45) is 2.08. The van der Waals surface area contributed by atoms with E-state index in [9.17, 15) is 13.6 Å². The van der Waals surface area contributed by atoms with Crippen molar-refractivity contribution in [3.05, 3.63) is 95.2 Å². The summed E-state index contributed by atoms with van der Waals surface area (Å²) in [7, 11) is 0. The second-order valence-corrected chi connectivity index (χ2v) is 6.01. The third-order valence-electron chi connectivity index (χ3n) is 4.06. The highest BCUT2D eigenvalue weighted by atomic mass is 19.1. The molecule has 3 rings (SSSR count). The number of carbonyl (C=O) groups excluding carboxylic acids is 1. The quantitative estimate of drug-likeness (QED) is 0.665. The fourth-order valence-corrected chi connectivity index (χ4v) is 2.53. The lowest BCUT2D eigenvalue weighted by Crippen LogP contribution is -2.25. The Kier molecular flexibility index (Phi) is 6.10. The Hall–Kier alpha value is -3.28. The summed E-state index contributed by atoms with van der Waals surface area (Å²) in [6.45, 7) is 0.751. The van der Waals surface area contributed by atoms with Gasteiger partial charge in [-0.05, 0) is 42.3 Å². The molecule has 6 heteroatoms. The second-order valence-electron chi connectivity index (χ2n) is 6.01. The molecule has 2 aromatic carbocycles. The molecule has 1 aromatic heterocycles. The molecule has 1 amide bonds. The predicted molar refractivity (Wildman–Crippen MR) is 100 cm³/mol. The van der Waals surface area contributed by atoms with Crippen molar-refractivity contribution in [2.24, 2.45) is 0 Å². The first-order valence-electron chi connectivity index (χ1n) is 8.58. The van der Waals surface area contributed by atoms with Gasteiger partial charge in [0, 0.05) is 24.8 Å². The Bertz CT molecular complexity index is 896. The Morgan fingerprint density at radius 2 is 1.74 bits per heavy atom. The molecule has 0 unspecified atom stereocenters. The minimum Gasteiger partial charge on any atom is -0.366 e. The van der Waals surface area contributed by atoms with Crippen LogP contribution in [0.3, 0.4) is 0 Å². The summed E-state index contributed by atoms with van der Waals surface area (Å²) in [6, 6.07) is 16.0. The fourth-order valence-electron chi connectivity index (χ4n) is 2.53. The van der Waals surface area contributed by atoms with Crippen LogP contribution in [0, 0.1) is 11.6 Å². The highest BCUT2D eigenvalue weighted by molar-refractivity contribution is 5.94. The molecule has 3 aromatic rings. The van der Waals surface area contributed by atoms with Crippen LogP contribution in [0.2, 0.25) is 0 Å². The van der Waals surface area contributed by atoms with Crippen LogP contribution >= 0.6 is 0 Å². The first-order chi connectivity index (χ1) is 13.1. The lowest BCUT2D eigenvalue weighted by atomic mass is 10.1. The first-order valence-corrected chi connectivity index (χ1v) is 8.58. The Balaban J connectivity index is 1.48. The topological polar surface area (TPSA) is 54.0 Å². The van der Waals surface area contributed by atoms with Gasteiger partial charge in [0.05, 0.1) is 5.56 Å². The van der Waals surface area contributed by atoms with Gasteiger partial charge in [0.15, 0.2) is 0 Å². The van der Waals surface area contributed by atoms with E-state index in [2.05, 4.69) is 15.6 Å². The Labute approximate surface area is 156 Å². The number of hydrogen-bond acceptors (Lipinski definition) is 3. The van der Waals surface area contributed by atoms with Crippen molar-refractivity contribution in [2.45, 2.75) is 13.0 Å². The lowest BCUT2D eigenvalue weighted by molar-refractivity contribution is 0.0954.